The maximum absolute atomic E-state index is 12.1. The molecule has 0 bridgehead atoms. The first-order valence-electron chi connectivity index (χ1n) is 7.19. The van der Waals surface area contributed by atoms with Crippen molar-refractivity contribution in [1.82, 2.24) is 4.90 Å². The summed E-state index contributed by atoms with van der Waals surface area (Å²) < 4.78 is 16.3. The Balaban J connectivity index is 2.10. The smallest absolute Gasteiger partial charge is 0.410 e. The number of carbonyl (C=O) groups excluding carboxylic acids is 2. The van der Waals surface area contributed by atoms with Gasteiger partial charge in [-0.1, -0.05) is 6.07 Å². The van der Waals surface area contributed by atoms with Gasteiger partial charge in [0, 0.05) is 6.54 Å². The fourth-order valence-electron chi connectivity index (χ4n) is 2.03. The van der Waals surface area contributed by atoms with Gasteiger partial charge in [0.1, 0.15) is 25.1 Å². The van der Waals surface area contributed by atoms with Gasteiger partial charge < -0.3 is 19.0 Å². The number of benzene rings is 1. The monoisotopic (exact) mass is 307 g/mol. The molecule has 0 unspecified atom stereocenters. The van der Waals surface area contributed by atoms with Crippen molar-refractivity contribution in [1.29, 1.82) is 0 Å². The van der Waals surface area contributed by atoms with E-state index < -0.39 is 11.7 Å². The van der Waals surface area contributed by atoms with E-state index >= 15 is 0 Å². The summed E-state index contributed by atoms with van der Waals surface area (Å²) in [6.07, 6.45) is 0.163. The van der Waals surface area contributed by atoms with E-state index in [1.807, 2.05) is 12.1 Å². The highest BCUT2D eigenvalue weighted by Crippen LogP contribution is 2.31. The second kappa shape index (κ2) is 6.68. The minimum Gasteiger partial charge on any atom is -0.486 e. The second-order valence-corrected chi connectivity index (χ2v) is 6.01. The fraction of sp³-hybridized carbons (Fsp3) is 0.500. The van der Waals surface area contributed by atoms with Crippen molar-refractivity contribution in [3.8, 4) is 11.5 Å². The fourth-order valence-corrected chi connectivity index (χ4v) is 2.03. The highest BCUT2D eigenvalue weighted by Gasteiger charge is 2.22. The van der Waals surface area contributed by atoms with Crippen LogP contribution in [0.25, 0.3) is 0 Å². The molecule has 22 heavy (non-hydrogen) atoms. The van der Waals surface area contributed by atoms with E-state index in [0.29, 0.717) is 31.0 Å². The maximum atomic E-state index is 12.1. The molecule has 1 amide bonds. The van der Waals surface area contributed by atoms with Crippen LogP contribution in [0.4, 0.5) is 4.79 Å². The Morgan fingerprint density at radius 1 is 1.27 bits per heavy atom. The number of hydrogen-bond acceptors (Lipinski definition) is 5. The molecule has 6 heteroatoms. The molecular formula is C16H21NO5. The number of amides is 1. The van der Waals surface area contributed by atoms with Crippen LogP contribution in [0, 0.1) is 0 Å². The summed E-state index contributed by atoms with van der Waals surface area (Å²) >= 11 is 0. The van der Waals surface area contributed by atoms with E-state index in [4.69, 9.17) is 14.2 Å². The summed E-state index contributed by atoms with van der Waals surface area (Å²) in [5.74, 6) is 1.34. The first-order chi connectivity index (χ1) is 10.4. The molecule has 0 spiro atoms. The lowest BCUT2D eigenvalue weighted by atomic mass is 10.2. The highest BCUT2D eigenvalue weighted by atomic mass is 16.6. The molecule has 0 aromatic heterocycles. The highest BCUT2D eigenvalue weighted by molar-refractivity contribution is 5.71. The molecule has 2 rings (SSSR count). The average molecular weight is 307 g/mol. The molecule has 1 aromatic carbocycles. The molecule has 1 aliphatic heterocycles. The molecule has 0 N–H and O–H groups in total. The van der Waals surface area contributed by atoms with Crippen LogP contribution in [0.5, 0.6) is 11.5 Å². The lowest BCUT2D eigenvalue weighted by Crippen LogP contribution is -2.37. The molecule has 1 aliphatic rings. The van der Waals surface area contributed by atoms with Crippen LogP contribution < -0.4 is 9.47 Å². The van der Waals surface area contributed by atoms with Crippen molar-refractivity contribution in [3.63, 3.8) is 0 Å². The first-order valence-corrected chi connectivity index (χ1v) is 7.19. The van der Waals surface area contributed by atoms with Crippen LogP contribution in [0.2, 0.25) is 0 Å². The van der Waals surface area contributed by atoms with E-state index in [1.54, 1.807) is 26.8 Å². The van der Waals surface area contributed by atoms with Gasteiger partial charge in [-0.05, 0) is 38.5 Å². The van der Waals surface area contributed by atoms with Crippen LogP contribution in [-0.2, 0) is 16.1 Å². The van der Waals surface area contributed by atoms with Gasteiger partial charge in [0.25, 0.3) is 0 Å². The zero-order valence-electron chi connectivity index (χ0n) is 13.1. The van der Waals surface area contributed by atoms with Crippen molar-refractivity contribution in [2.24, 2.45) is 0 Å². The van der Waals surface area contributed by atoms with Gasteiger partial charge in [0.05, 0.1) is 6.54 Å². The molecule has 6 nitrogen and oxygen atoms in total. The Kier molecular flexibility index (Phi) is 4.90. The van der Waals surface area contributed by atoms with Gasteiger partial charge in [-0.15, -0.1) is 0 Å². The predicted molar refractivity (Wildman–Crippen MR) is 80.1 cm³/mol. The summed E-state index contributed by atoms with van der Waals surface area (Å²) in [5.41, 5.74) is 0.238. The number of aldehydes is 1. The number of ether oxygens (including phenoxy) is 3. The van der Waals surface area contributed by atoms with Gasteiger partial charge in [-0.3, -0.25) is 4.90 Å². The normalized spacial score (nSPS) is 13.4. The zero-order valence-corrected chi connectivity index (χ0v) is 13.1. The summed E-state index contributed by atoms with van der Waals surface area (Å²) in [7, 11) is 0. The van der Waals surface area contributed by atoms with Gasteiger partial charge in [0.2, 0.25) is 0 Å². The SMILES string of the molecule is CC(C)(C)OC(=O)N(CC=O)Cc1ccc2c(c1)OCCO2. The van der Waals surface area contributed by atoms with Crippen LogP contribution in [0.15, 0.2) is 18.2 Å². The molecule has 0 fully saturated rings. The first kappa shape index (κ1) is 16.1. The zero-order chi connectivity index (χ0) is 16.2. The molecular weight excluding hydrogens is 286 g/mol. The number of fused-ring (bicyclic) bond motifs is 1. The Labute approximate surface area is 129 Å². The van der Waals surface area contributed by atoms with Crippen molar-refractivity contribution in [2.75, 3.05) is 19.8 Å². The Morgan fingerprint density at radius 3 is 2.59 bits per heavy atom. The topological polar surface area (TPSA) is 65.1 Å². The lowest BCUT2D eigenvalue weighted by molar-refractivity contribution is -0.109. The molecule has 0 atom stereocenters. The molecule has 1 heterocycles. The largest absolute Gasteiger partial charge is 0.486 e. The minimum absolute atomic E-state index is 0.0244. The van der Waals surface area contributed by atoms with E-state index in [9.17, 15) is 9.59 Å². The van der Waals surface area contributed by atoms with Gasteiger partial charge in [-0.25, -0.2) is 4.79 Å². The number of hydrogen-bond donors (Lipinski definition) is 0. The summed E-state index contributed by atoms with van der Waals surface area (Å²) in [6.45, 7) is 6.63. The summed E-state index contributed by atoms with van der Waals surface area (Å²) in [6, 6.07) is 5.46. The van der Waals surface area contributed by atoms with Crippen LogP contribution >= 0.6 is 0 Å². The van der Waals surface area contributed by atoms with Crippen molar-refractivity contribution in [3.05, 3.63) is 23.8 Å². The van der Waals surface area contributed by atoms with E-state index in [1.165, 1.54) is 4.90 Å². The standard InChI is InChI=1S/C16H21NO5/c1-16(2,3)22-15(19)17(6-7-18)11-12-4-5-13-14(10-12)21-9-8-20-13/h4-5,7,10H,6,8-9,11H2,1-3H3. The van der Waals surface area contributed by atoms with Crippen molar-refractivity contribution >= 4 is 12.4 Å². The third kappa shape index (κ3) is 4.38. The molecule has 0 aliphatic carbocycles. The Morgan fingerprint density at radius 2 is 1.95 bits per heavy atom. The third-order valence-corrected chi connectivity index (χ3v) is 2.93. The van der Waals surface area contributed by atoms with E-state index in [2.05, 4.69) is 0 Å². The third-order valence-electron chi connectivity index (χ3n) is 2.93. The number of nitrogens with zero attached hydrogens (tertiary/aromatic N) is 1. The predicted octanol–water partition coefficient (Wildman–Crippen LogP) is 2.39. The quantitative estimate of drug-likeness (QED) is 0.799. The summed E-state index contributed by atoms with van der Waals surface area (Å²) in [4.78, 5) is 24.3. The Hall–Kier alpha value is -2.24. The van der Waals surface area contributed by atoms with Crippen LogP contribution in [0.3, 0.4) is 0 Å². The molecule has 0 saturated carbocycles. The van der Waals surface area contributed by atoms with E-state index in [-0.39, 0.29) is 13.1 Å². The van der Waals surface area contributed by atoms with Crippen molar-refractivity contribution < 1.29 is 23.8 Å². The van der Waals surface area contributed by atoms with Crippen LogP contribution in [-0.4, -0.2) is 42.6 Å². The average Bonchev–Trinajstić information content (AvgIpc) is 2.45. The van der Waals surface area contributed by atoms with Gasteiger partial charge in [-0.2, -0.15) is 0 Å². The lowest BCUT2D eigenvalue weighted by Gasteiger charge is -2.26. The maximum Gasteiger partial charge on any atom is 0.410 e. The number of carbonyl (C=O) groups is 2. The Bertz CT molecular complexity index is 550. The molecule has 1 aromatic rings. The van der Waals surface area contributed by atoms with Gasteiger partial charge in [0.15, 0.2) is 11.5 Å². The second-order valence-electron chi connectivity index (χ2n) is 6.01. The number of rotatable bonds is 4. The van der Waals surface area contributed by atoms with E-state index in [0.717, 1.165) is 5.56 Å². The van der Waals surface area contributed by atoms with Crippen molar-refractivity contribution in [2.45, 2.75) is 32.9 Å². The minimum atomic E-state index is -0.606. The summed E-state index contributed by atoms with van der Waals surface area (Å²) in [5, 5.41) is 0. The molecule has 0 saturated heterocycles. The van der Waals surface area contributed by atoms with Crippen LogP contribution in [0.1, 0.15) is 26.3 Å². The van der Waals surface area contributed by atoms with Gasteiger partial charge >= 0.3 is 6.09 Å². The molecule has 120 valence electrons. The molecule has 0 radical (unpaired) electrons.